The first-order chi connectivity index (χ1) is 8.63. The van der Waals surface area contributed by atoms with Crippen molar-refractivity contribution in [3.8, 4) is 0 Å². The van der Waals surface area contributed by atoms with E-state index in [1.54, 1.807) is 0 Å². The van der Waals surface area contributed by atoms with Crippen LogP contribution >= 0.6 is 15.9 Å². The lowest BCUT2D eigenvalue weighted by molar-refractivity contribution is 0.138. The van der Waals surface area contributed by atoms with Gasteiger partial charge in [-0.3, -0.25) is 0 Å². The Balaban J connectivity index is 2.35. The van der Waals surface area contributed by atoms with Crippen molar-refractivity contribution in [2.24, 2.45) is 5.73 Å². The van der Waals surface area contributed by atoms with Crippen molar-refractivity contribution in [2.75, 3.05) is 0 Å². The summed E-state index contributed by atoms with van der Waals surface area (Å²) >= 11 is 3.37. The highest BCUT2D eigenvalue weighted by molar-refractivity contribution is 9.10. The van der Waals surface area contributed by atoms with Crippen LogP contribution in [0.2, 0.25) is 0 Å². The van der Waals surface area contributed by atoms with E-state index in [9.17, 15) is 8.78 Å². The summed E-state index contributed by atoms with van der Waals surface area (Å²) in [6.07, 6.45) is -2.64. The first-order valence-electron chi connectivity index (χ1n) is 5.27. The summed E-state index contributed by atoms with van der Waals surface area (Å²) in [5, 5.41) is 7.40. The van der Waals surface area contributed by atoms with Crippen LogP contribution in [0.1, 0.15) is 23.4 Å². The fourth-order valence-corrected chi connectivity index (χ4v) is 2.06. The number of alkyl halides is 2. The van der Waals surface area contributed by atoms with Crippen molar-refractivity contribution >= 4 is 15.9 Å². The molecule has 0 atom stereocenters. The summed E-state index contributed by atoms with van der Waals surface area (Å²) in [6, 6.07) is 7.37. The molecule has 0 spiro atoms. The molecule has 18 heavy (non-hydrogen) atoms. The van der Waals surface area contributed by atoms with Crippen molar-refractivity contribution in [2.45, 2.75) is 19.5 Å². The van der Waals surface area contributed by atoms with Crippen molar-refractivity contribution in [3.63, 3.8) is 0 Å². The zero-order valence-corrected chi connectivity index (χ0v) is 10.9. The summed E-state index contributed by atoms with van der Waals surface area (Å²) < 4.78 is 27.9. The smallest absolute Gasteiger partial charge is 0.281 e. The number of hydrogen-bond donors (Lipinski definition) is 1. The minimum absolute atomic E-state index is 0.0460. The Labute approximate surface area is 111 Å². The van der Waals surface area contributed by atoms with Crippen LogP contribution in [0.5, 0.6) is 0 Å². The maximum atomic E-state index is 12.9. The Morgan fingerprint density at radius 1 is 1.33 bits per heavy atom. The molecular formula is C11H11BrF2N4. The fraction of sp³-hybridized carbons (Fsp3) is 0.273. The third-order valence-corrected chi connectivity index (χ3v) is 3.30. The topological polar surface area (TPSA) is 56.7 Å². The first kappa shape index (κ1) is 13.1. The summed E-state index contributed by atoms with van der Waals surface area (Å²) in [6.45, 7) is 0.184. The highest BCUT2D eigenvalue weighted by Crippen LogP contribution is 2.23. The van der Waals surface area contributed by atoms with Crippen LogP contribution in [0.4, 0.5) is 8.78 Å². The van der Waals surface area contributed by atoms with Crippen LogP contribution in [-0.4, -0.2) is 15.0 Å². The van der Waals surface area contributed by atoms with Crippen LogP contribution in [-0.2, 0) is 13.1 Å². The standard InChI is InChI=1S/C11H11BrF2N4/c12-8-4-2-1-3-7(8)6-18-10(11(13)14)9(5-15)16-17-18/h1-4,11H,5-6,15H2. The number of halogens is 3. The van der Waals surface area contributed by atoms with Gasteiger partial charge in [-0.15, -0.1) is 5.10 Å². The lowest BCUT2D eigenvalue weighted by Crippen LogP contribution is -2.09. The average molecular weight is 317 g/mol. The highest BCUT2D eigenvalue weighted by Gasteiger charge is 2.21. The lowest BCUT2D eigenvalue weighted by atomic mass is 10.2. The van der Waals surface area contributed by atoms with Gasteiger partial charge in [0.15, 0.2) is 0 Å². The molecule has 4 nitrogen and oxygen atoms in total. The molecule has 0 radical (unpaired) electrons. The van der Waals surface area contributed by atoms with Gasteiger partial charge in [-0.2, -0.15) is 0 Å². The number of benzene rings is 1. The van der Waals surface area contributed by atoms with Gasteiger partial charge >= 0.3 is 0 Å². The van der Waals surface area contributed by atoms with E-state index >= 15 is 0 Å². The van der Waals surface area contributed by atoms with E-state index in [4.69, 9.17) is 5.73 Å². The minimum Gasteiger partial charge on any atom is -0.325 e. The van der Waals surface area contributed by atoms with Gasteiger partial charge in [0.2, 0.25) is 0 Å². The van der Waals surface area contributed by atoms with Gasteiger partial charge in [0.25, 0.3) is 6.43 Å². The second kappa shape index (κ2) is 5.53. The largest absolute Gasteiger partial charge is 0.325 e. The zero-order valence-electron chi connectivity index (χ0n) is 9.35. The SMILES string of the molecule is NCc1nnn(Cc2ccccc2Br)c1C(F)F. The van der Waals surface area contributed by atoms with E-state index in [-0.39, 0.29) is 24.5 Å². The van der Waals surface area contributed by atoms with Gasteiger partial charge < -0.3 is 5.73 Å². The van der Waals surface area contributed by atoms with Crippen molar-refractivity contribution < 1.29 is 8.78 Å². The number of nitrogens with two attached hydrogens (primary N) is 1. The van der Waals surface area contributed by atoms with Crippen LogP contribution in [0.25, 0.3) is 0 Å². The predicted octanol–water partition coefficient (Wildman–Crippen LogP) is 2.49. The number of hydrogen-bond acceptors (Lipinski definition) is 3. The van der Waals surface area contributed by atoms with E-state index in [1.807, 2.05) is 24.3 Å². The van der Waals surface area contributed by atoms with E-state index < -0.39 is 6.43 Å². The molecule has 7 heteroatoms. The maximum absolute atomic E-state index is 12.9. The maximum Gasteiger partial charge on any atom is 0.281 e. The van der Waals surface area contributed by atoms with Gasteiger partial charge in [-0.05, 0) is 11.6 Å². The Morgan fingerprint density at radius 3 is 2.67 bits per heavy atom. The molecule has 0 bridgehead atoms. The molecule has 0 amide bonds. The summed E-state index contributed by atoms with van der Waals surface area (Å²) in [7, 11) is 0. The van der Waals surface area contributed by atoms with Gasteiger partial charge in [-0.1, -0.05) is 39.3 Å². The summed E-state index contributed by atoms with van der Waals surface area (Å²) in [5.41, 5.74) is 6.14. The van der Waals surface area contributed by atoms with Crippen LogP contribution in [0.3, 0.4) is 0 Å². The molecule has 1 aromatic heterocycles. The van der Waals surface area contributed by atoms with E-state index in [1.165, 1.54) is 4.68 Å². The first-order valence-corrected chi connectivity index (χ1v) is 6.06. The van der Waals surface area contributed by atoms with Crippen LogP contribution < -0.4 is 5.73 Å². The summed E-state index contributed by atoms with van der Waals surface area (Å²) in [5.74, 6) is 0. The molecule has 0 fully saturated rings. The fourth-order valence-electron chi connectivity index (χ4n) is 1.65. The van der Waals surface area contributed by atoms with Crippen molar-refractivity contribution in [1.29, 1.82) is 0 Å². The van der Waals surface area contributed by atoms with Gasteiger partial charge in [0, 0.05) is 11.0 Å². The number of aromatic nitrogens is 3. The molecule has 2 N–H and O–H groups in total. The molecule has 1 heterocycles. The average Bonchev–Trinajstić information content (AvgIpc) is 2.75. The molecule has 0 saturated heterocycles. The van der Waals surface area contributed by atoms with E-state index in [0.29, 0.717) is 0 Å². The molecular weight excluding hydrogens is 306 g/mol. The molecule has 96 valence electrons. The number of nitrogens with zero attached hydrogens (tertiary/aromatic N) is 3. The van der Waals surface area contributed by atoms with Crippen molar-refractivity contribution in [1.82, 2.24) is 15.0 Å². The Kier molecular flexibility index (Phi) is 4.03. The van der Waals surface area contributed by atoms with Crippen LogP contribution in [0, 0.1) is 0 Å². The van der Waals surface area contributed by atoms with E-state index in [0.717, 1.165) is 10.0 Å². The molecule has 0 aliphatic heterocycles. The molecule has 1 aromatic carbocycles. The molecule has 0 aliphatic carbocycles. The van der Waals surface area contributed by atoms with Crippen LogP contribution in [0.15, 0.2) is 28.7 Å². The predicted molar refractivity (Wildman–Crippen MR) is 66.1 cm³/mol. The highest BCUT2D eigenvalue weighted by atomic mass is 79.9. The second-order valence-electron chi connectivity index (χ2n) is 3.68. The monoisotopic (exact) mass is 316 g/mol. The van der Waals surface area contributed by atoms with Gasteiger partial charge in [-0.25, -0.2) is 13.5 Å². The normalized spacial score (nSPS) is 11.2. The molecule has 0 aliphatic rings. The Hall–Kier alpha value is -1.34. The van der Waals surface area contributed by atoms with E-state index in [2.05, 4.69) is 26.2 Å². The Bertz CT molecular complexity index is 542. The van der Waals surface area contributed by atoms with Gasteiger partial charge in [0.05, 0.1) is 6.54 Å². The third-order valence-electron chi connectivity index (χ3n) is 2.53. The molecule has 2 aromatic rings. The quantitative estimate of drug-likeness (QED) is 0.942. The second-order valence-corrected chi connectivity index (χ2v) is 4.53. The Morgan fingerprint density at radius 2 is 2.06 bits per heavy atom. The van der Waals surface area contributed by atoms with Crippen molar-refractivity contribution in [3.05, 3.63) is 45.7 Å². The zero-order chi connectivity index (χ0) is 13.1. The molecule has 0 unspecified atom stereocenters. The summed E-state index contributed by atoms with van der Waals surface area (Å²) in [4.78, 5) is 0. The molecule has 0 saturated carbocycles. The minimum atomic E-state index is -2.64. The lowest BCUT2D eigenvalue weighted by Gasteiger charge is -2.08. The third kappa shape index (κ3) is 2.56. The molecule has 2 rings (SSSR count). The van der Waals surface area contributed by atoms with Gasteiger partial charge in [0.1, 0.15) is 11.4 Å². The number of rotatable bonds is 4.